The second-order valence-electron chi connectivity index (χ2n) is 4.99. The monoisotopic (exact) mass is 341 g/mol. The molecule has 0 spiro atoms. The summed E-state index contributed by atoms with van der Waals surface area (Å²) in [6.07, 6.45) is 0.441. The van der Waals surface area contributed by atoms with E-state index < -0.39 is 0 Å². The summed E-state index contributed by atoms with van der Waals surface area (Å²) in [5, 5.41) is 0.748. The van der Waals surface area contributed by atoms with Gasteiger partial charge in [0.25, 0.3) is 0 Å². The number of carbonyl (C=O) groups is 1. The van der Waals surface area contributed by atoms with Crippen LogP contribution in [0.25, 0.3) is 0 Å². The van der Waals surface area contributed by atoms with Crippen LogP contribution >= 0.6 is 15.9 Å². The number of ether oxygens (including phenoxy) is 2. The lowest BCUT2D eigenvalue weighted by atomic mass is 10.1. The lowest BCUT2D eigenvalue weighted by Gasteiger charge is -2.37. The van der Waals surface area contributed by atoms with Gasteiger partial charge in [-0.1, -0.05) is 34.1 Å². The molecule has 1 saturated heterocycles. The fourth-order valence-corrected chi connectivity index (χ4v) is 2.76. The van der Waals surface area contributed by atoms with E-state index in [0.717, 1.165) is 16.6 Å². The van der Waals surface area contributed by atoms with Crippen LogP contribution in [0.5, 0.6) is 5.75 Å². The highest BCUT2D eigenvalue weighted by atomic mass is 79.9. The third kappa shape index (κ3) is 3.52. The highest BCUT2D eigenvalue weighted by Crippen LogP contribution is 2.20. The molecule has 2 unspecified atom stereocenters. The van der Waals surface area contributed by atoms with E-state index in [-0.39, 0.29) is 18.1 Å². The van der Waals surface area contributed by atoms with E-state index in [1.807, 2.05) is 36.1 Å². The number of nitrogens with zero attached hydrogens (tertiary/aromatic N) is 1. The zero-order chi connectivity index (χ0) is 14.5. The van der Waals surface area contributed by atoms with Gasteiger partial charge in [0.1, 0.15) is 5.75 Å². The molecule has 1 aromatic rings. The summed E-state index contributed by atoms with van der Waals surface area (Å²) in [6, 6.07) is 7.77. The van der Waals surface area contributed by atoms with Crippen LogP contribution in [-0.4, -0.2) is 48.5 Å². The molecule has 0 N–H and O–H groups in total. The summed E-state index contributed by atoms with van der Waals surface area (Å²) < 4.78 is 10.9. The summed E-state index contributed by atoms with van der Waals surface area (Å²) >= 11 is 3.41. The van der Waals surface area contributed by atoms with Gasteiger partial charge in [0.2, 0.25) is 5.91 Å². The fraction of sp³-hybridized carbons (Fsp3) is 0.533. The zero-order valence-corrected chi connectivity index (χ0v) is 13.4. The molecule has 1 aromatic carbocycles. The molecular weight excluding hydrogens is 322 g/mol. The fourth-order valence-electron chi connectivity index (χ4n) is 2.37. The molecule has 1 heterocycles. The topological polar surface area (TPSA) is 38.8 Å². The van der Waals surface area contributed by atoms with Crippen LogP contribution in [0.3, 0.4) is 0 Å². The Morgan fingerprint density at radius 1 is 1.50 bits per heavy atom. The minimum atomic E-state index is 0.0767. The molecule has 0 aromatic heterocycles. The molecule has 0 aliphatic carbocycles. The number of morpholine rings is 1. The number of benzene rings is 1. The highest BCUT2D eigenvalue weighted by molar-refractivity contribution is 9.09. The van der Waals surface area contributed by atoms with Gasteiger partial charge in [-0.2, -0.15) is 0 Å². The average molecular weight is 342 g/mol. The van der Waals surface area contributed by atoms with Gasteiger partial charge in [-0.05, 0) is 13.0 Å². The van der Waals surface area contributed by atoms with Gasteiger partial charge in [0.15, 0.2) is 0 Å². The van der Waals surface area contributed by atoms with Crippen molar-refractivity contribution < 1.29 is 14.3 Å². The van der Waals surface area contributed by atoms with Crippen molar-refractivity contribution in [1.82, 2.24) is 4.90 Å². The van der Waals surface area contributed by atoms with Gasteiger partial charge >= 0.3 is 0 Å². The Kier molecular flexibility index (Phi) is 5.43. The SMILES string of the molecule is COc1ccccc1CC(=O)N1CC(CBr)OCC1C. The molecule has 5 heteroatoms. The minimum absolute atomic E-state index is 0.0767. The van der Waals surface area contributed by atoms with Crippen LogP contribution in [0, 0.1) is 0 Å². The Balaban J connectivity index is 2.06. The first kappa shape index (κ1) is 15.3. The summed E-state index contributed by atoms with van der Waals surface area (Å²) in [4.78, 5) is 14.4. The minimum Gasteiger partial charge on any atom is -0.496 e. The maximum atomic E-state index is 12.5. The van der Waals surface area contributed by atoms with E-state index in [2.05, 4.69) is 15.9 Å². The standard InChI is InChI=1S/C15H20BrNO3/c1-11-10-20-13(8-16)9-17(11)15(18)7-12-5-3-4-6-14(12)19-2/h3-6,11,13H,7-10H2,1-2H3. The van der Waals surface area contributed by atoms with E-state index in [9.17, 15) is 4.79 Å². The summed E-state index contributed by atoms with van der Waals surface area (Å²) in [5.74, 6) is 0.884. The zero-order valence-electron chi connectivity index (χ0n) is 11.8. The van der Waals surface area contributed by atoms with Crippen molar-refractivity contribution in [2.24, 2.45) is 0 Å². The molecule has 0 radical (unpaired) electrons. The number of carbonyl (C=O) groups excluding carboxylic acids is 1. The molecule has 2 atom stereocenters. The molecule has 2 rings (SSSR count). The van der Waals surface area contributed by atoms with Gasteiger partial charge in [-0.3, -0.25) is 4.79 Å². The van der Waals surface area contributed by atoms with Crippen LogP contribution in [0.15, 0.2) is 24.3 Å². The number of hydrogen-bond donors (Lipinski definition) is 0. The molecule has 1 aliphatic heterocycles. The molecule has 110 valence electrons. The lowest BCUT2D eigenvalue weighted by molar-refractivity contribution is -0.142. The second-order valence-corrected chi connectivity index (χ2v) is 5.64. The predicted octanol–water partition coefficient (Wildman–Crippen LogP) is 2.25. The third-order valence-electron chi connectivity index (χ3n) is 3.53. The maximum Gasteiger partial charge on any atom is 0.227 e. The van der Waals surface area contributed by atoms with Crippen LogP contribution in [-0.2, 0) is 16.0 Å². The largest absolute Gasteiger partial charge is 0.496 e. The van der Waals surface area contributed by atoms with Crippen LogP contribution in [0.4, 0.5) is 0 Å². The Bertz CT molecular complexity index is 466. The highest BCUT2D eigenvalue weighted by Gasteiger charge is 2.29. The first-order valence-electron chi connectivity index (χ1n) is 6.74. The number of halogens is 1. The second kappa shape index (κ2) is 7.09. The third-order valence-corrected chi connectivity index (χ3v) is 4.25. The van der Waals surface area contributed by atoms with Gasteiger partial charge in [0, 0.05) is 17.4 Å². The van der Waals surface area contributed by atoms with E-state index >= 15 is 0 Å². The van der Waals surface area contributed by atoms with Crippen molar-refractivity contribution in [3.63, 3.8) is 0 Å². The predicted molar refractivity (Wildman–Crippen MR) is 81.4 cm³/mol. The Labute approximate surface area is 128 Å². The van der Waals surface area contributed by atoms with Gasteiger partial charge in [-0.25, -0.2) is 0 Å². The van der Waals surface area contributed by atoms with E-state index in [1.165, 1.54) is 0 Å². The molecule has 1 aliphatic rings. The number of para-hydroxylation sites is 1. The number of amides is 1. The van der Waals surface area contributed by atoms with E-state index in [0.29, 0.717) is 19.6 Å². The molecule has 1 amide bonds. The number of alkyl halides is 1. The molecule has 20 heavy (non-hydrogen) atoms. The first-order chi connectivity index (χ1) is 9.65. The van der Waals surface area contributed by atoms with Crippen molar-refractivity contribution in [3.8, 4) is 5.75 Å². The summed E-state index contributed by atoms with van der Waals surface area (Å²) in [7, 11) is 1.63. The number of rotatable bonds is 4. The molecule has 0 bridgehead atoms. The lowest BCUT2D eigenvalue weighted by Crippen LogP contribution is -2.52. The Hall–Kier alpha value is -1.07. The molecular formula is C15H20BrNO3. The number of methoxy groups -OCH3 is 1. The molecule has 4 nitrogen and oxygen atoms in total. The molecule has 0 saturated carbocycles. The van der Waals surface area contributed by atoms with Crippen molar-refractivity contribution in [3.05, 3.63) is 29.8 Å². The van der Waals surface area contributed by atoms with Gasteiger partial charge in [-0.15, -0.1) is 0 Å². The average Bonchev–Trinajstić information content (AvgIpc) is 2.48. The van der Waals surface area contributed by atoms with Crippen molar-refractivity contribution in [2.45, 2.75) is 25.5 Å². The Morgan fingerprint density at radius 2 is 2.25 bits per heavy atom. The summed E-state index contributed by atoms with van der Waals surface area (Å²) in [5.41, 5.74) is 0.925. The first-order valence-corrected chi connectivity index (χ1v) is 7.86. The van der Waals surface area contributed by atoms with Gasteiger partial charge in [0.05, 0.1) is 32.3 Å². The van der Waals surface area contributed by atoms with Gasteiger partial charge < -0.3 is 14.4 Å². The van der Waals surface area contributed by atoms with E-state index in [4.69, 9.17) is 9.47 Å². The Morgan fingerprint density at radius 3 is 2.95 bits per heavy atom. The van der Waals surface area contributed by atoms with Crippen molar-refractivity contribution in [1.29, 1.82) is 0 Å². The van der Waals surface area contributed by atoms with Crippen molar-refractivity contribution >= 4 is 21.8 Å². The van der Waals surface area contributed by atoms with Crippen LogP contribution in [0.1, 0.15) is 12.5 Å². The normalized spacial score (nSPS) is 22.6. The van der Waals surface area contributed by atoms with E-state index in [1.54, 1.807) is 7.11 Å². The van der Waals surface area contributed by atoms with Crippen LogP contribution in [0.2, 0.25) is 0 Å². The maximum absolute atomic E-state index is 12.5. The quantitative estimate of drug-likeness (QED) is 0.788. The number of hydrogen-bond acceptors (Lipinski definition) is 3. The molecule has 1 fully saturated rings. The van der Waals surface area contributed by atoms with Crippen LogP contribution < -0.4 is 4.74 Å². The smallest absolute Gasteiger partial charge is 0.227 e. The van der Waals surface area contributed by atoms with Crippen molar-refractivity contribution in [2.75, 3.05) is 25.6 Å². The summed E-state index contributed by atoms with van der Waals surface area (Å²) in [6.45, 7) is 3.25.